The number of phenols is 1. The summed E-state index contributed by atoms with van der Waals surface area (Å²) in [4.78, 5) is 13.6. The number of hydrogen-bond donors (Lipinski definition) is 4. The Morgan fingerprint density at radius 1 is 1.00 bits per heavy atom. The zero-order valence-corrected chi connectivity index (χ0v) is 22.5. The van der Waals surface area contributed by atoms with Crippen LogP contribution >= 0.6 is 0 Å². The number of furan rings is 1. The molecule has 0 saturated heterocycles. The van der Waals surface area contributed by atoms with Gasteiger partial charge in [0.2, 0.25) is 5.75 Å². The molecule has 0 aliphatic heterocycles. The number of amides is 1. The van der Waals surface area contributed by atoms with Gasteiger partial charge in [0.05, 0.1) is 38.0 Å². The van der Waals surface area contributed by atoms with E-state index in [1.165, 1.54) is 26.0 Å². The fourth-order valence-corrected chi connectivity index (χ4v) is 4.71. The van der Waals surface area contributed by atoms with E-state index in [9.17, 15) is 23.8 Å². The van der Waals surface area contributed by atoms with Crippen molar-refractivity contribution in [3.05, 3.63) is 88.7 Å². The van der Waals surface area contributed by atoms with E-state index in [0.29, 0.717) is 11.9 Å². The molecule has 1 amide bonds. The van der Waals surface area contributed by atoms with Crippen LogP contribution < -0.4 is 20.1 Å². The van der Waals surface area contributed by atoms with Gasteiger partial charge in [-0.1, -0.05) is 31.2 Å². The van der Waals surface area contributed by atoms with Gasteiger partial charge in [-0.25, -0.2) is 8.78 Å². The van der Waals surface area contributed by atoms with Crippen LogP contribution in [0.2, 0.25) is 0 Å². The number of nitrogens with one attached hydrogen (secondary N) is 2. The van der Waals surface area contributed by atoms with Crippen molar-refractivity contribution in [1.29, 1.82) is 0 Å². The summed E-state index contributed by atoms with van der Waals surface area (Å²) < 4.78 is 44.0. The van der Waals surface area contributed by atoms with Crippen LogP contribution in [0.15, 0.2) is 59.2 Å². The summed E-state index contributed by atoms with van der Waals surface area (Å²) in [6.07, 6.45) is 0.991. The van der Waals surface area contributed by atoms with Crippen molar-refractivity contribution < 1.29 is 37.7 Å². The molecule has 0 bridgehead atoms. The second kappa shape index (κ2) is 12.8. The van der Waals surface area contributed by atoms with Crippen molar-refractivity contribution in [2.45, 2.75) is 38.5 Å². The number of methoxy groups -OCH3 is 2. The third-order valence-electron chi connectivity index (χ3n) is 6.67. The largest absolute Gasteiger partial charge is 0.504 e. The second-order valence-electron chi connectivity index (χ2n) is 9.39. The van der Waals surface area contributed by atoms with Gasteiger partial charge in [-0.15, -0.1) is 0 Å². The highest BCUT2D eigenvalue weighted by atomic mass is 19.1. The van der Waals surface area contributed by atoms with Crippen LogP contribution in [0.25, 0.3) is 11.0 Å². The normalized spacial score (nSPS) is 12.8. The van der Waals surface area contributed by atoms with E-state index in [4.69, 9.17) is 13.9 Å². The molecule has 0 spiro atoms. The second-order valence-corrected chi connectivity index (χ2v) is 9.39. The Kier molecular flexibility index (Phi) is 9.23. The first-order valence-electron chi connectivity index (χ1n) is 12.8. The van der Waals surface area contributed by atoms with Gasteiger partial charge < -0.3 is 34.7 Å². The van der Waals surface area contributed by atoms with Gasteiger partial charge >= 0.3 is 0 Å². The first-order valence-corrected chi connectivity index (χ1v) is 12.8. The molecule has 212 valence electrons. The van der Waals surface area contributed by atoms with Crippen molar-refractivity contribution >= 4 is 16.9 Å². The van der Waals surface area contributed by atoms with Crippen LogP contribution in [0.5, 0.6) is 17.2 Å². The van der Waals surface area contributed by atoms with Crippen molar-refractivity contribution in [1.82, 2.24) is 10.6 Å². The fourth-order valence-electron chi connectivity index (χ4n) is 4.71. The highest BCUT2D eigenvalue weighted by Crippen LogP contribution is 2.45. The van der Waals surface area contributed by atoms with E-state index in [-0.39, 0.29) is 41.2 Å². The first kappa shape index (κ1) is 28.8. The zero-order chi connectivity index (χ0) is 28.8. The molecule has 40 heavy (non-hydrogen) atoms. The highest BCUT2D eigenvalue weighted by Gasteiger charge is 2.30. The number of fused-ring (bicyclic) bond motifs is 1. The number of rotatable bonds is 12. The van der Waals surface area contributed by atoms with Crippen molar-refractivity contribution in [2.24, 2.45) is 0 Å². The first-order chi connectivity index (χ1) is 19.2. The summed E-state index contributed by atoms with van der Waals surface area (Å²) in [6.45, 7) is 2.58. The van der Waals surface area contributed by atoms with E-state index in [1.807, 2.05) is 18.2 Å². The number of aliphatic hydroxyl groups is 1. The lowest BCUT2D eigenvalue weighted by Crippen LogP contribution is -2.48. The van der Waals surface area contributed by atoms with E-state index >= 15 is 0 Å². The van der Waals surface area contributed by atoms with Crippen LogP contribution in [-0.2, 0) is 19.4 Å². The van der Waals surface area contributed by atoms with Gasteiger partial charge in [0, 0.05) is 19.2 Å². The molecule has 4 aromatic rings. The fraction of sp³-hybridized carbons (Fsp3) is 0.300. The minimum absolute atomic E-state index is 0.0403. The Bertz CT molecular complexity index is 1470. The number of benzene rings is 3. The number of halogens is 2. The molecule has 2 unspecified atom stereocenters. The number of aromatic hydroxyl groups is 1. The van der Waals surface area contributed by atoms with E-state index in [2.05, 4.69) is 23.6 Å². The van der Waals surface area contributed by atoms with Crippen LogP contribution in [0.1, 0.15) is 34.0 Å². The lowest BCUT2D eigenvalue weighted by molar-refractivity contribution is 0.0824. The smallest absolute Gasteiger partial charge is 0.259 e. The maximum absolute atomic E-state index is 13.9. The summed E-state index contributed by atoms with van der Waals surface area (Å²) in [5.41, 5.74) is 2.39. The Balaban J connectivity index is 1.60. The van der Waals surface area contributed by atoms with Gasteiger partial charge in [-0.2, -0.15) is 0 Å². The van der Waals surface area contributed by atoms with Crippen molar-refractivity contribution in [3.63, 3.8) is 0 Å². The molecule has 1 aromatic heterocycles. The number of hydrogen-bond acceptors (Lipinski definition) is 7. The third kappa shape index (κ3) is 6.35. The lowest BCUT2D eigenvalue weighted by atomic mass is 9.99. The number of ether oxygens (including phenoxy) is 2. The standard InChI is InChI=1S/C30H32F2N2O6/c1-4-17-6-5-7-18(10-17)15-33-16-24(35)23(13-19-11-20(31)14-21(32)12-19)34-30(37)25-26(36)29(39-3)28-22(8-9-40-28)27(25)38-2/h5-12,14,23-24,33,35-36H,4,13,15-16H2,1-3H3,(H,34,37). The lowest BCUT2D eigenvalue weighted by Gasteiger charge is -2.26. The number of carbonyl (C=O) groups excluding carboxylic acids is 1. The minimum atomic E-state index is -1.17. The van der Waals surface area contributed by atoms with Crippen LogP contribution in [-0.4, -0.2) is 49.0 Å². The molecule has 1 heterocycles. The Labute approximate surface area is 230 Å². The summed E-state index contributed by atoms with van der Waals surface area (Å²) >= 11 is 0. The number of carbonyl (C=O) groups is 1. The molecule has 8 nitrogen and oxygen atoms in total. The zero-order valence-electron chi connectivity index (χ0n) is 22.5. The molecule has 0 aliphatic rings. The summed E-state index contributed by atoms with van der Waals surface area (Å²) in [5.74, 6) is -2.88. The molecule has 3 aromatic carbocycles. The van der Waals surface area contributed by atoms with Gasteiger partial charge in [0.25, 0.3) is 5.91 Å². The minimum Gasteiger partial charge on any atom is -0.504 e. The average Bonchev–Trinajstić information content (AvgIpc) is 3.41. The molecule has 4 N–H and O–H groups in total. The molecular weight excluding hydrogens is 522 g/mol. The van der Waals surface area contributed by atoms with Crippen molar-refractivity contribution in [3.8, 4) is 17.2 Å². The Morgan fingerprint density at radius 3 is 2.38 bits per heavy atom. The molecule has 2 atom stereocenters. The van der Waals surface area contributed by atoms with Gasteiger partial charge in [-0.05, 0) is 47.7 Å². The molecule has 0 saturated carbocycles. The quantitative estimate of drug-likeness (QED) is 0.204. The maximum Gasteiger partial charge on any atom is 0.259 e. The molecule has 4 rings (SSSR count). The summed E-state index contributed by atoms with van der Waals surface area (Å²) in [7, 11) is 2.65. The van der Waals surface area contributed by atoms with Crippen LogP contribution in [0, 0.1) is 11.6 Å². The summed E-state index contributed by atoms with van der Waals surface area (Å²) in [6, 6.07) is 11.6. The topological polar surface area (TPSA) is 113 Å². The average molecular weight is 555 g/mol. The Morgan fingerprint density at radius 2 is 1.70 bits per heavy atom. The van der Waals surface area contributed by atoms with Crippen LogP contribution in [0.3, 0.4) is 0 Å². The number of phenolic OH excluding ortho intramolecular Hbond substituents is 1. The van der Waals surface area contributed by atoms with Crippen molar-refractivity contribution in [2.75, 3.05) is 20.8 Å². The van der Waals surface area contributed by atoms with Gasteiger partial charge in [-0.3, -0.25) is 4.79 Å². The maximum atomic E-state index is 13.9. The SMILES string of the molecule is CCc1cccc(CNCC(O)C(Cc2cc(F)cc(F)c2)NC(=O)c2c(O)c(OC)c3occc3c2OC)c1. The molecule has 10 heteroatoms. The van der Waals surface area contributed by atoms with E-state index in [1.54, 1.807) is 6.07 Å². The molecule has 0 aliphatic carbocycles. The molecule has 0 radical (unpaired) electrons. The number of aliphatic hydroxyl groups excluding tert-OH is 1. The van der Waals surface area contributed by atoms with Crippen LogP contribution in [0.4, 0.5) is 8.78 Å². The molecule has 0 fully saturated rings. The Hall–Kier alpha value is -4.15. The monoisotopic (exact) mass is 554 g/mol. The summed E-state index contributed by atoms with van der Waals surface area (Å²) in [5, 5.41) is 28.3. The third-order valence-corrected chi connectivity index (χ3v) is 6.67. The highest BCUT2D eigenvalue weighted by molar-refractivity contribution is 6.08. The predicted molar refractivity (Wildman–Crippen MR) is 146 cm³/mol. The van der Waals surface area contributed by atoms with E-state index in [0.717, 1.165) is 30.2 Å². The van der Waals surface area contributed by atoms with Gasteiger partial charge in [0.1, 0.15) is 22.9 Å². The van der Waals surface area contributed by atoms with Gasteiger partial charge in [0.15, 0.2) is 11.3 Å². The predicted octanol–water partition coefficient (Wildman–Crippen LogP) is 4.49. The molecular formula is C30H32F2N2O6. The number of aryl methyl sites for hydroxylation is 1. The van der Waals surface area contributed by atoms with E-state index < -0.39 is 35.4 Å².